The number of rotatable bonds is 0. The van der Waals surface area contributed by atoms with Gasteiger partial charge in [0.25, 0.3) is 0 Å². The molecular weight excluding hydrogens is 258 g/mol. The normalized spacial score (nSPS) is 34.1. The standard InChI is InChI=1S/C14H11N3O3/c1-6-3-8-9-10(14(19)20-13(9)18)11(6)17(2)12(8)7(4-15)5-16/h3,8-11H,1-2H3/t8-,9+,10+,11+/m1/s1. The first kappa shape index (κ1) is 12.4. The summed E-state index contributed by atoms with van der Waals surface area (Å²) in [6.07, 6.45) is 1.87. The van der Waals surface area contributed by atoms with E-state index in [2.05, 4.69) is 0 Å². The van der Waals surface area contributed by atoms with Crippen molar-refractivity contribution in [3.63, 3.8) is 0 Å². The van der Waals surface area contributed by atoms with Gasteiger partial charge in [0, 0.05) is 13.0 Å². The van der Waals surface area contributed by atoms with E-state index in [0.29, 0.717) is 5.70 Å². The molecule has 0 spiro atoms. The van der Waals surface area contributed by atoms with Gasteiger partial charge in [0.2, 0.25) is 0 Å². The number of nitrogens with zero attached hydrogens (tertiary/aromatic N) is 3. The molecule has 0 aromatic carbocycles. The second-order valence-electron chi connectivity index (χ2n) is 5.27. The lowest BCUT2D eigenvalue weighted by Gasteiger charge is -2.49. The maximum atomic E-state index is 11.9. The average molecular weight is 269 g/mol. The molecule has 0 unspecified atom stereocenters. The second kappa shape index (κ2) is 3.94. The Hall–Kier alpha value is -2.60. The topological polar surface area (TPSA) is 94.2 Å². The Balaban J connectivity index is 2.23. The zero-order valence-corrected chi connectivity index (χ0v) is 11.0. The van der Waals surface area contributed by atoms with Crippen molar-refractivity contribution < 1.29 is 14.3 Å². The molecule has 4 aliphatic rings. The van der Waals surface area contributed by atoms with Crippen LogP contribution in [0.15, 0.2) is 22.9 Å². The number of fused-ring (bicyclic) bond motifs is 1. The largest absolute Gasteiger partial charge is 0.393 e. The average Bonchev–Trinajstić information content (AvgIpc) is 2.70. The molecule has 3 aliphatic heterocycles. The van der Waals surface area contributed by atoms with Crippen LogP contribution in [0.25, 0.3) is 0 Å². The van der Waals surface area contributed by atoms with E-state index >= 15 is 0 Å². The third kappa shape index (κ3) is 1.31. The summed E-state index contributed by atoms with van der Waals surface area (Å²) in [5.41, 5.74) is 1.46. The number of allylic oxidation sites excluding steroid dienone is 2. The van der Waals surface area contributed by atoms with E-state index in [4.69, 9.17) is 15.3 Å². The van der Waals surface area contributed by atoms with Crippen molar-refractivity contribution >= 4 is 11.9 Å². The number of ether oxygens (including phenoxy) is 1. The second-order valence-corrected chi connectivity index (χ2v) is 5.27. The van der Waals surface area contributed by atoms with Crippen molar-refractivity contribution in [2.24, 2.45) is 17.8 Å². The van der Waals surface area contributed by atoms with Crippen LogP contribution in [0.1, 0.15) is 6.92 Å². The van der Waals surface area contributed by atoms with Crippen molar-refractivity contribution in [2.45, 2.75) is 13.0 Å². The zero-order chi connectivity index (χ0) is 14.6. The minimum atomic E-state index is -0.612. The van der Waals surface area contributed by atoms with Gasteiger partial charge >= 0.3 is 11.9 Å². The van der Waals surface area contributed by atoms with Crippen LogP contribution in [-0.4, -0.2) is 29.9 Å². The number of carbonyl (C=O) groups is 2. The van der Waals surface area contributed by atoms with Gasteiger partial charge in [-0.1, -0.05) is 11.6 Å². The van der Waals surface area contributed by atoms with Gasteiger partial charge in [0.1, 0.15) is 17.7 Å². The van der Waals surface area contributed by atoms with E-state index in [-0.39, 0.29) is 11.6 Å². The summed E-state index contributed by atoms with van der Waals surface area (Å²) >= 11 is 0. The number of esters is 2. The Kier molecular flexibility index (Phi) is 2.45. The minimum absolute atomic E-state index is 0.0168. The Labute approximate surface area is 115 Å². The van der Waals surface area contributed by atoms with Crippen LogP contribution >= 0.6 is 0 Å². The molecule has 1 aliphatic carbocycles. The summed E-state index contributed by atoms with van der Waals surface area (Å²) < 4.78 is 4.75. The molecule has 4 atom stereocenters. The predicted octanol–water partition coefficient (Wildman–Crippen LogP) is 0.494. The van der Waals surface area contributed by atoms with Gasteiger partial charge < -0.3 is 9.64 Å². The third-order valence-corrected chi connectivity index (χ3v) is 4.36. The quantitative estimate of drug-likeness (QED) is 0.275. The highest BCUT2D eigenvalue weighted by Gasteiger charge is 2.60. The van der Waals surface area contributed by atoms with E-state index in [1.165, 1.54) is 0 Å². The van der Waals surface area contributed by atoms with Crippen molar-refractivity contribution in [1.29, 1.82) is 10.5 Å². The van der Waals surface area contributed by atoms with Gasteiger partial charge in [-0.3, -0.25) is 9.59 Å². The van der Waals surface area contributed by atoms with Gasteiger partial charge in [-0.15, -0.1) is 0 Å². The number of nitriles is 2. The number of hydrogen-bond donors (Lipinski definition) is 0. The minimum Gasteiger partial charge on any atom is -0.393 e. The number of hydrogen-bond acceptors (Lipinski definition) is 6. The first-order valence-electron chi connectivity index (χ1n) is 6.22. The highest BCUT2D eigenvalue weighted by Crippen LogP contribution is 2.51. The van der Waals surface area contributed by atoms with E-state index in [1.807, 2.05) is 25.1 Å². The van der Waals surface area contributed by atoms with Crippen molar-refractivity contribution in [2.75, 3.05) is 7.05 Å². The van der Waals surface area contributed by atoms with Crippen LogP contribution < -0.4 is 0 Å². The van der Waals surface area contributed by atoms with E-state index in [9.17, 15) is 9.59 Å². The zero-order valence-electron chi connectivity index (χ0n) is 11.0. The van der Waals surface area contributed by atoms with Gasteiger partial charge in [-0.25, -0.2) is 0 Å². The number of piperidine rings is 1. The lowest BCUT2D eigenvalue weighted by atomic mass is 9.65. The lowest BCUT2D eigenvalue weighted by molar-refractivity contribution is -0.153. The molecule has 20 heavy (non-hydrogen) atoms. The summed E-state index contributed by atoms with van der Waals surface area (Å²) in [4.78, 5) is 25.5. The Morgan fingerprint density at radius 1 is 1.25 bits per heavy atom. The predicted molar refractivity (Wildman–Crippen MR) is 65.1 cm³/mol. The molecule has 3 heterocycles. The molecule has 6 nitrogen and oxygen atoms in total. The highest BCUT2D eigenvalue weighted by molar-refractivity contribution is 5.98. The SMILES string of the molecule is CC1=C[C@H]2C(=C(C#N)C#N)N(C)[C@@H]1[C@H]1C(=O)OC(=O)[C@H]12. The maximum absolute atomic E-state index is 11.9. The van der Waals surface area contributed by atoms with Crippen LogP contribution in [-0.2, 0) is 14.3 Å². The summed E-state index contributed by atoms with van der Waals surface area (Å²) in [5, 5.41) is 18.2. The lowest BCUT2D eigenvalue weighted by Crippen LogP contribution is -2.55. The van der Waals surface area contributed by atoms with E-state index in [0.717, 1.165) is 5.57 Å². The van der Waals surface area contributed by atoms with Crippen molar-refractivity contribution in [3.8, 4) is 12.1 Å². The molecule has 0 aromatic rings. The molecule has 6 heteroatoms. The molecule has 0 aromatic heterocycles. The van der Waals surface area contributed by atoms with Crippen LogP contribution in [0, 0.1) is 40.4 Å². The summed E-state index contributed by atoms with van der Waals surface area (Å²) in [7, 11) is 1.74. The van der Waals surface area contributed by atoms with Crippen LogP contribution in [0.4, 0.5) is 0 Å². The number of likely N-dealkylation sites (N-methyl/N-ethyl adjacent to an activating group) is 1. The van der Waals surface area contributed by atoms with E-state index in [1.54, 1.807) is 11.9 Å². The fraction of sp³-hybridized carbons (Fsp3) is 0.429. The molecule has 0 saturated carbocycles. The molecule has 0 N–H and O–H groups in total. The van der Waals surface area contributed by atoms with Crippen LogP contribution in [0.3, 0.4) is 0 Å². The van der Waals surface area contributed by atoms with Gasteiger partial charge in [0.15, 0.2) is 0 Å². The summed E-state index contributed by atoms with van der Waals surface area (Å²) in [5.74, 6) is -2.66. The molecule has 2 bridgehead atoms. The Bertz CT molecular complexity index is 661. The third-order valence-electron chi connectivity index (χ3n) is 4.36. The van der Waals surface area contributed by atoms with Gasteiger partial charge in [-0.2, -0.15) is 10.5 Å². The van der Waals surface area contributed by atoms with Gasteiger partial charge in [0.05, 0.1) is 23.6 Å². The Morgan fingerprint density at radius 3 is 2.45 bits per heavy atom. The molecule has 0 radical (unpaired) electrons. The smallest absolute Gasteiger partial charge is 0.319 e. The fourth-order valence-corrected chi connectivity index (χ4v) is 3.66. The van der Waals surface area contributed by atoms with Crippen molar-refractivity contribution in [3.05, 3.63) is 22.9 Å². The molecule has 4 rings (SSSR count). The number of cyclic esters (lactones) is 2. The van der Waals surface area contributed by atoms with E-state index < -0.39 is 29.7 Å². The highest BCUT2D eigenvalue weighted by atomic mass is 16.6. The molecule has 100 valence electrons. The first-order valence-corrected chi connectivity index (χ1v) is 6.22. The molecule has 2 fully saturated rings. The maximum Gasteiger partial charge on any atom is 0.319 e. The fourth-order valence-electron chi connectivity index (χ4n) is 3.66. The Morgan fingerprint density at radius 2 is 1.85 bits per heavy atom. The summed E-state index contributed by atoms with van der Waals surface area (Å²) in [6, 6.07) is 3.41. The first-order chi connectivity index (χ1) is 9.51. The molecule has 2 saturated heterocycles. The number of carbonyl (C=O) groups excluding carboxylic acids is 2. The van der Waals surface area contributed by atoms with Gasteiger partial charge in [-0.05, 0) is 6.92 Å². The molecular formula is C14H11N3O3. The van der Waals surface area contributed by atoms with Crippen molar-refractivity contribution in [1.82, 2.24) is 4.90 Å². The summed E-state index contributed by atoms with van der Waals surface area (Å²) in [6.45, 7) is 1.88. The van der Waals surface area contributed by atoms with Crippen LogP contribution in [0.2, 0.25) is 0 Å². The van der Waals surface area contributed by atoms with Crippen LogP contribution in [0.5, 0.6) is 0 Å². The molecule has 0 amide bonds. The monoisotopic (exact) mass is 269 g/mol.